The molecule has 1 aromatic carbocycles. The van der Waals surface area contributed by atoms with E-state index in [2.05, 4.69) is 0 Å². The van der Waals surface area contributed by atoms with E-state index < -0.39 is 11.5 Å². The van der Waals surface area contributed by atoms with Gasteiger partial charge in [-0.2, -0.15) is 0 Å². The summed E-state index contributed by atoms with van der Waals surface area (Å²) in [5.74, 6) is -0.704. The number of hydrogen-bond donors (Lipinski definition) is 2. The van der Waals surface area contributed by atoms with E-state index >= 15 is 0 Å². The summed E-state index contributed by atoms with van der Waals surface area (Å²) in [7, 11) is 0. The number of phenols is 1. The van der Waals surface area contributed by atoms with Gasteiger partial charge in [-0.1, -0.05) is 17.7 Å². The molecule has 0 bridgehead atoms. The number of rotatable bonds is 3. The van der Waals surface area contributed by atoms with Crippen molar-refractivity contribution >= 4 is 17.6 Å². The second kappa shape index (κ2) is 5.39. The van der Waals surface area contributed by atoms with Gasteiger partial charge in [0.2, 0.25) is 0 Å². The summed E-state index contributed by atoms with van der Waals surface area (Å²) in [4.78, 5) is 13.4. The lowest BCUT2D eigenvalue weighted by Crippen LogP contribution is -2.54. The molecule has 1 heterocycles. The van der Waals surface area contributed by atoms with Gasteiger partial charge < -0.3 is 10.2 Å². The Kier molecular flexibility index (Phi) is 4.02. The highest BCUT2D eigenvalue weighted by Crippen LogP contribution is 2.33. The molecule has 1 unspecified atom stereocenters. The van der Waals surface area contributed by atoms with Crippen LogP contribution in [0.5, 0.6) is 5.75 Å². The van der Waals surface area contributed by atoms with Crippen LogP contribution in [0, 0.1) is 0 Å². The number of carboxylic acids is 1. The Morgan fingerprint density at radius 1 is 1.47 bits per heavy atom. The van der Waals surface area contributed by atoms with Crippen molar-refractivity contribution in [2.24, 2.45) is 0 Å². The van der Waals surface area contributed by atoms with Crippen LogP contribution < -0.4 is 0 Å². The third kappa shape index (κ3) is 2.69. The van der Waals surface area contributed by atoms with Crippen LogP contribution in [0.1, 0.15) is 31.7 Å². The predicted octanol–water partition coefficient (Wildman–Crippen LogP) is 2.87. The molecule has 0 amide bonds. The van der Waals surface area contributed by atoms with E-state index in [1.807, 2.05) is 4.90 Å². The minimum Gasteiger partial charge on any atom is -0.508 e. The maximum Gasteiger partial charge on any atom is 0.323 e. The summed E-state index contributed by atoms with van der Waals surface area (Å²) in [6.07, 6.45) is 2.50. The molecule has 0 spiro atoms. The van der Waals surface area contributed by atoms with Gasteiger partial charge in [-0.15, -0.1) is 0 Å². The lowest BCUT2D eigenvalue weighted by molar-refractivity contribution is -0.153. The van der Waals surface area contributed by atoms with Gasteiger partial charge in [-0.05, 0) is 44.9 Å². The van der Waals surface area contributed by atoms with Crippen molar-refractivity contribution in [2.75, 3.05) is 6.54 Å². The van der Waals surface area contributed by atoms with Crippen LogP contribution in [0.15, 0.2) is 18.2 Å². The van der Waals surface area contributed by atoms with Crippen LogP contribution in [0.2, 0.25) is 5.02 Å². The van der Waals surface area contributed by atoms with E-state index in [4.69, 9.17) is 11.6 Å². The van der Waals surface area contributed by atoms with Crippen molar-refractivity contribution in [3.63, 3.8) is 0 Å². The molecule has 1 aliphatic heterocycles. The molecule has 1 saturated heterocycles. The Labute approximate surface area is 117 Å². The molecule has 0 aliphatic carbocycles. The Morgan fingerprint density at radius 3 is 2.84 bits per heavy atom. The number of benzene rings is 1. The second-order valence-electron chi connectivity index (χ2n) is 5.20. The third-order valence-electron chi connectivity index (χ3n) is 3.94. The first-order chi connectivity index (χ1) is 8.95. The fraction of sp³-hybridized carbons (Fsp3) is 0.500. The third-order valence-corrected chi connectivity index (χ3v) is 4.30. The summed E-state index contributed by atoms with van der Waals surface area (Å²) in [5.41, 5.74) is -0.289. The zero-order valence-electron chi connectivity index (χ0n) is 10.9. The number of carboxylic acid groups (broad SMARTS) is 1. The van der Waals surface area contributed by atoms with Gasteiger partial charge in [0, 0.05) is 17.1 Å². The smallest absolute Gasteiger partial charge is 0.323 e. The molecule has 4 nitrogen and oxygen atoms in total. The molecule has 5 heteroatoms. The zero-order chi connectivity index (χ0) is 14.0. The first kappa shape index (κ1) is 14.2. The van der Waals surface area contributed by atoms with Gasteiger partial charge in [-0.25, -0.2) is 0 Å². The highest BCUT2D eigenvalue weighted by Gasteiger charge is 2.41. The maximum atomic E-state index is 11.5. The topological polar surface area (TPSA) is 60.8 Å². The van der Waals surface area contributed by atoms with Crippen LogP contribution in [0.3, 0.4) is 0 Å². The first-order valence-electron chi connectivity index (χ1n) is 6.40. The van der Waals surface area contributed by atoms with Crippen LogP contribution >= 0.6 is 11.6 Å². The first-order valence-corrected chi connectivity index (χ1v) is 6.78. The average Bonchev–Trinajstić information content (AvgIpc) is 2.36. The predicted molar refractivity (Wildman–Crippen MR) is 73.4 cm³/mol. The largest absolute Gasteiger partial charge is 0.508 e. The van der Waals surface area contributed by atoms with Crippen LogP contribution in [0.4, 0.5) is 0 Å². The maximum absolute atomic E-state index is 11.5. The molecule has 104 valence electrons. The van der Waals surface area contributed by atoms with Crippen molar-refractivity contribution in [3.05, 3.63) is 28.8 Å². The Hall–Kier alpha value is -1.26. The van der Waals surface area contributed by atoms with E-state index in [0.717, 1.165) is 12.8 Å². The summed E-state index contributed by atoms with van der Waals surface area (Å²) >= 11 is 6.09. The summed E-state index contributed by atoms with van der Waals surface area (Å²) in [6.45, 7) is 2.80. The molecule has 0 saturated carbocycles. The van der Waals surface area contributed by atoms with Crippen LogP contribution in [0.25, 0.3) is 0 Å². The van der Waals surface area contributed by atoms with Crippen LogP contribution in [-0.4, -0.2) is 33.2 Å². The number of hydrogen-bond acceptors (Lipinski definition) is 3. The summed E-state index contributed by atoms with van der Waals surface area (Å²) < 4.78 is 0. The number of aliphatic carboxylic acids is 1. The molecule has 1 fully saturated rings. The number of piperidine rings is 1. The monoisotopic (exact) mass is 283 g/mol. The van der Waals surface area contributed by atoms with Crippen molar-refractivity contribution < 1.29 is 15.0 Å². The van der Waals surface area contributed by atoms with Crippen molar-refractivity contribution in [2.45, 2.75) is 38.3 Å². The summed E-state index contributed by atoms with van der Waals surface area (Å²) in [6, 6.07) is 4.95. The zero-order valence-corrected chi connectivity index (χ0v) is 11.7. The number of halogens is 1. The van der Waals surface area contributed by atoms with Gasteiger partial charge >= 0.3 is 5.97 Å². The lowest BCUT2D eigenvalue weighted by Gasteiger charge is -2.41. The normalized spacial score (nSPS) is 24.3. The molecule has 0 radical (unpaired) electrons. The average molecular weight is 284 g/mol. The molecular weight excluding hydrogens is 266 g/mol. The number of carbonyl (C=O) groups is 1. The van der Waals surface area contributed by atoms with E-state index in [0.29, 0.717) is 30.1 Å². The fourth-order valence-corrected chi connectivity index (χ4v) is 2.80. The van der Waals surface area contributed by atoms with Crippen molar-refractivity contribution in [1.29, 1.82) is 0 Å². The van der Waals surface area contributed by atoms with Gasteiger partial charge in [0.1, 0.15) is 11.3 Å². The SMILES string of the molecule is CC1(C(=O)O)CCCCN1Cc1c(O)cccc1Cl. The van der Waals surface area contributed by atoms with Crippen LogP contribution in [-0.2, 0) is 11.3 Å². The molecular formula is C14H18ClNO3. The fourth-order valence-electron chi connectivity index (χ4n) is 2.57. The Morgan fingerprint density at radius 2 is 2.21 bits per heavy atom. The van der Waals surface area contributed by atoms with Gasteiger partial charge in [0.15, 0.2) is 0 Å². The highest BCUT2D eigenvalue weighted by molar-refractivity contribution is 6.31. The number of nitrogens with zero attached hydrogens (tertiary/aromatic N) is 1. The lowest BCUT2D eigenvalue weighted by atomic mass is 9.88. The van der Waals surface area contributed by atoms with Crippen molar-refractivity contribution in [1.82, 2.24) is 4.90 Å². The molecule has 0 aromatic heterocycles. The molecule has 2 N–H and O–H groups in total. The quantitative estimate of drug-likeness (QED) is 0.895. The number of likely N-dealkylation sites (tertiary alicyclic amines) is 1. The standard InChI is InChI=1S/C14H18ClNO3/c1-14(13(18)19)7-2-3-8-16(14)9-10-11(15)5-4-6-12(10)17/h4-6,17H,2-3,7-9H2,1H3,(H,18,19). The minimum atomic E-state index is -0.885. The van der Waals surface area contributed by atoms with E-state index in [1.165, 1.54) is 0 Å². The van der Waals surface area contributed by atoms with E-state index in [-0.39, 0.29) is 5.75 Å². The van der Waals surface area contributed by atoms with Gasteiger partial charge in [0.25, 0.3) is 0 Å². The van der Waals surface area contributed by atoms with Gasteiger partial charge in [0.05, 0.1) is 0 Å². The molecule has 1 aliphatic rings. The second-order valence-corrected chi connectivity index (χ2v) is 5.60. The Bertz CT molecular complexity index is 471. The Balaban J connectivity index is 2.28. The van der Waals surface area contributed by atoms with Gasteiger partial charge in [-0.3, -0.25) is 9.69 Å². The molecule has 2 rings (SSSR count). The molecule has 19 heavy (non-hydrogen) atoms. The minimum absolute atomic E-state index is 0.116. The number of aromatic hydroxyl groups is 1. The van der Waals surface area contributed by atoms with E-state index in [9.17, 15) is 15.0 Å². The number of phenolic OH excluding ortho intramolecular Hbond substituents is 1. The highest BCUT2D eigenvalue weighted by atomic mass is 35.5. The molecule has 1 atom stereocenters. The van der Waals surface area contributed by atoms with Crippen molar-refractivity contribution in [3.8, 4) is 5.75 Å². The molecule has 1 aromatic rings. The van der Waals surface area contributed by atoms with E-state index in [1.54, 1.807) is 25.1 Å². The summed E-state index contributed by atoms with van der Waals surface area (Å²) in [5, 5.41) is 19.8.